The van der Waals surface area contributed by atoms with Gasteiger partial charge in [0.05, 0.1) is 17.7 Å². The van der Waals surface area contributed by atoms with Crippen LogP contribution < -0.4 is 9.64 Å². The molecule has 44 heavy (non-hydrogen) atoms. The van der Waals surface area contributed by atoms with Crippen LogP contribution in [0.5, 0.6) is 5.75 Å². The van der Waals surface area contributed by atoms with Crippen molar-refractivity contribution in [2.75, 3.05) is 44.8 Å². The molecule has 9 heteroatoms. The number of carbonyl (C=O) groups is 2. The fraction of sp³-hybridized carbons (Fsp3) is 0.514. The average Bonchev–Trinajstić information content (AvgIpc) is 3.66. The molecule has 232 valence electrons. The summed E-state index contributed by atoms with van der Waals surface area (Å²) in [5.41, 5.74) is 5.06. The molecule has 2 aliphatic heterocycles. The molecule has 1 aromatic heterocycles. The molecule has 4 fully saturated rings. The lowest BCUT2D eigenvalue weighted by molar-refractivity contribution is -0.258. The summed E-state index contributed by atoms with van der Waals surface area (Å²) in [7, 11) is 1.61. The van der Waals surface area contributed by atoms with Gasteiger partial charge in [0.1, 0.15) is 12.4 Å². The Labute approximate surface area is 263 Å². The third kappa shape index (κ3) is 4.53. The predicted octanol–water partition coefficient (Wildman–Crippen LogP) is 6.20. The number of carboxylic acids is 1. The smallest absolute Gasteiger partial charge is 0.312 e. The number of carboxylic acid groups (broad SMARTS) is 1. The van der Waals surface area contributed by atoms with Gasteiger partial charge < -0.3 is 24.4 Å². The number of carbonyl (C=O) groups excluding carboxylic acids is 1. The molecule has 3 aromatic rings. The molecular weight excluding hydrogens is 574 g/mol. The van der Waals surface area contributed by atoms with Gasteiger partial charge in [-0.25, -0.2) is 4.98 Å². The number of aliphatic carboxylic acids is 1. The van der Waals surface area contributed by atoms with Crippen LogP contribution in [0, 0.1) is 36.5 Å². The van der Waals surface area contributed by atoms with Gasteiger partial charge in [0.25, 0.3) is 5.91 Å². The molecule has 0 bridgehead atoms. The van der Waals surface area contributed by atoms with Gasteiger partial charge >= 0.3 is 5.97 Å². The SMILES string of the molecule is COCC1(C(=O)O)C2CCC23CN(c2nc(-c4cc(C)ccc4OCc4ccc(C(=O)N5CCCCC5)cc4C)cs2)CC31. The van der Waals surface area contributed by atoms with Crippen molar-refractivity contribution in [3.63, 3.8) is 0 Å². The molecule has 4 unspecified atom stereocenters. The number of thiazole rings is 1. The van der Waals surface area contributed by atoms with Crippen LogP contribution in [-0.4, -0.2) is 66.8 Å². The molecule has 2 aliphatic carbocycles. The van der Waals surface area contributed by atoms with E-state index in [1.54, 1.807) is 18.4 Å². The summed E-state index contributed by atoms with van der Waals surface area (Å²) in [6, 6.07) is 12.1. The Hall–Kier alpha value is -3.43. The summed E-state index contributed by atoms with van der Waals surface area (Å²) >= 11 is 1.61. The highest BCUT2D eigenvalue weighted by Gasteiger charge is 2.80. The number of hydrogen-bond acceptors (Lipinski definition) is 7. The van der Waals surface area contributed by atoms with Crippen molar-refractivity contribution in [3.8, 4) is 17.0 Å². The second-order valence-electron chi connectivity index (χ2n) is 13.3. The first-order chi connectivity index (χ1) is 21.3. The Kier molecular flexibility index (Phi) is 7.44. The minimum atomic E-state index is -0.781. The molecule has 7 rings (SSSR count). The summed E-state index contributed by atoms with van der Waals surface area (Å²) in [5, 5.41) is 13.3. The zero-order valence-corrected chi connectivity index (χ0v) is 26.6. The molecule has 1 spiro atoms. The monoisotopic (exact) mass is 615 g/mol. The second-order valence-corrected chi connectivity index (χ2v) is 14.2. The Morgan fingerprint density at radius 3 is 2.61 bits per heavy atom. The number of nitrogens with zero attached hydrogens (tertiary/aromatic N) is 3. The fourth-order valence-corrected chi connectivity index (χ4v) is 9.50. The van der Waals surface area contributed by atoms with Gasteiger partial charge in [-0.2, -0.15) is 0 Å². The lowest BCUT2D eigenvalue weighted by Crippen LogP contribution is -2.73. The van der Waals surface area contributed by atoms with E-state index in [0.717, 1.165) is 89.7 Å². The number of aryl methyl sites for hydroxylation is 2. The van der Waals surface area contributed by atoms with Crippen LogP contribution in [-0.2, 0) is 16.1 Å². The van der Waals surface area contributed by atoms with E-state index in [9.17, 15) is 14.7 Å². The van der Waals surface area contributed by atoms with Crippen LogP contribution in [0.1, 0.15) is 59.2 Å². The van der Waals surface area contributed by atoms with Gasteiger partial charge in [0.2, 0.25) is 0 Å². The lowest BCUT2D eigenvalue weighted by Gasteiger charge is -2.70. The van der Waals surface area contributed by atoms with E-state index in [4.69, 9.17) is 14.5 Å². The van der Waals surface area contributed by atoms with Crippen molar-refractivity contribution in [3.05, 3.63) is 64.0 Å². The number of aromatic nitrogens is 1. The van der Waals surface area contributed by atoms with Gasteiger partial charge in [0, 0.05) is 55.7 Å². The molecule has 0 radical (unpaired) electrons. The summed E-state index contributed by atoms with van der Waals surface area (Å²) in [4.78, 5) is 34.8. The maximum atomic E-state index is 13.0. The Balaban J connectivity index is 1.07. The van der Waals surface area contributed by atoms with E-state index in [0.29, 0.717) is 13.2 Å². The third-order valence-electron chi connectivity index (χ3n) is 11.0. The van der Waals surface area contributed by atoms with Crippen molar-refractivity contribution < 1.29 is 24.2 Å². The molecule has 2 saturated carbocycles. The number of piperidine rings is 1. The maximum absolute atomic E-state index is 13.0. The lowest BCUT2D eigenvalue weighted by atomic mass is 9.32. The number of likely N-dealkylation sites (tertiary alicyclic amines) is 1. The normalized spacial score (nSPS) is 27.2. The highest BCUT2D eigenvalue weighted by Crippen LogP contribution is 2.76. The van der Waals surface area contributed by atoms with E-state index in [1.165, 1.54) is 6.42 Å². The Bertz CT molecular complexity index is 1600. The Morgan fingerprint density at radius 2 is 1.91 bits per heavy atom. The number of hydrogen-bond donors (Lipinski definition) is 1. The van der Waals surface area contributed by atoms with E-state index < -0.39 is 11.4 Å². The minimum absolute atomic E-state index is 0.0756. The van der Waals surface area contributed by atoms with Crippen LogP contribution in [0.15, 0.2) is 41.8 Å². The zero-order chi connectivity index (χ0) is 30.6. The van der Waals surface area contributed by atoms with Crippen molar-refractivity contribution in [2.24, 2.45) is 22.7 Å². The topological polar surface area (TPSA) is 92.2 Å². The van der Waals surface area contributed by atoms with Crippen molar-refractivity contribution in [1.29, 1.82) is 0 Å². The Morgan fingerprint density at radius 1 is 1.09 bits per heavy atom. The van der Waals surface area contributed by atoms with Crippen molar-refractivity contribution in [2.45, 2.75) is 52.6 Å². The molecule has 8 nitrogen and oxygen atoms in total. The number of anilines is 1. The molecule has 2 saturated heterocycles. The van der Waals surface area contributed by atoms with Crippen LogP contribution >= 0.6 is 11.3 Å². The quantitative estimate of drug-likeness (QED) is 0.307. The second kappa shape index (κ2) is 11.2. The van der Waals surface area contributed by atoms with Crippen molar-refractivity contribution in [1.82, 2.24) is 9.88 Å². The number of benzene rings is 2. The predicted molar refractivity (Wildman–Crippen MR) is 170 cm³/mol. The molecule has 3 heterocycles. The number of amides is 1. The fourth-order valence-electron chi connectivity index (χ4n) is 8.67. The molecule has 2 aromatic carbocycles. The van der Waals surface area contributed by atoms with E-state index in [-0.39, 0.29) is 29.8 Å². The van der Waals surface area contributed by atoms with Gasteiger partial charge in [0.15, 0.2) is 5.13 Å². The van der Waals surface area contributed by atoms with E-state index >= 15 is 0 Å². The first-order valence-electron chi connectivity index (χ1n) is 15.8. The van der Waals surface area contributed by atoms with E-state index in [1.807, 2.05) is 36.1 Å². The summed E-state index contributed by atoms with van der Waals surface area (Å²) in [6.07, 6.45) is 5.40. The number of methoxy groups -OCH3 is 1. The summed E-state index contributed by atoms with van der Waals surface area (Å²) < 4.78 is 11.9. The first kappa shape index (κ1) is 29.3. The van der Waals surface area contributed by atoms with Crippen molar-refractivity contribution >= 4 is 28.3 Å². The summed E-state index contributed by atoms with van der Waals surface area (Å²) in [5.74, 6) is 0.433. The van der Waals surface area contributed by atoms with Gasteiger partial charge in [-0.05, 0) is 92.7 Å². The standard InChI is InChI=1S/C35H41N3O5S/c1-22-7-10-28(43-18-25-9-8-24(16-23(25)2)31(39)37-13-5-4-6-14-37)26(15-22)27-19-44-33(36-27)38-17-30-34(20-38)12-11-29(34)35(30,21-42-3)32(40)41/h7-10,15-16,19,29-30H,4-6,11-14,17-18,20-21H2,1-3H3,(H,40,41). The van der Waals surface area contributed by atoms with Gasteiger partial charge in [-0.15, -0.1) is 11.3 Å². The van der Waals surface area contributed by atoms with Gasteiger partial charge in [-0.1, -0.05) is 17.7 Å². The molecule has 4 aliphatic rings. The zero-order valence-electron chi connectivity index (χ0n) is 25.8. The molecule has 1 N–H and O–H groups in total. The molecular formula is C35H41N3O5S. The molecule has 4 atom stereocenters. The largest absolute Gasteiger partial charge is 0.488 e. The van der Waals surface area contributed by atoms with Crippen LogP contribution in [0.25, 0.3) is 11.3 Å². The number of rotatable bonds is 9. The van der Waals surface area contributed by atoms with Crippen LogP contribution in [0.2, 0.25) is 0 Å². The van der Waals surface area contributed by atoms with E-state index in [2.05, 4.69) is 29.3 Å². The highest BCUT2D eigenvalue weighted by molar-refractivity contribution is 7.14. The summed E-state index contributed by atoms with van der Waals surface area (Å²) in [6.45, 7) is 8.02. The minimum Gasteiger partial charge on any atom is -0.488 e. The molecule has 1 amide bonds. The highest BCUT2D eigenvalue weighted by atomic mass is 32.1. The maximum Gasteiger partial charge on any atom is 0.312 e. The van der Waals surface area contributed by atoms with Gasteiger partial charge in [-0.3, -0.25) is 9.59 Å². The van der Waals surface area contributed by atoms with Crippen LogP contribution in [0.4, 0.5) is 5.13 Å². The van der Waals surface area contributed by atoms with Crippen LogP contribution in [0.3, 0.4) is 0 Å². The average molecular weight is 616 g/mol. The first-order valence-corrected chi connectivity index (χ1v) is 16.7. The third-order valence-corrected chi connectivity index (χ3v) is 11.9. The number of ether oxygens (including phenoxy) is 2.